The third-order valence-corrected chi connectivity index (χ3v) is 7.42. The van der Waals surface area contributed by atoms with Crippen LogP contribution in [0.1, 0.15) is 28.3 Å². The predicted octanol–water partition coefficient (Wildman–Crippen LogP) is 4.13. The summed E-state index contributed by atoms with van der Waals surface area (Å²) < 4.78 is 28.5. The first-order valence-electron chi connectivity index (χ1n) is 9.42. The first-order valence-corrected chi connectivity index (χ1v) is 11.8. The zero-order valence-corrected chi connectivity index (χ0v) is 17.5. The number of rotatable bonds is 6. The molecule has 2 aromatic carbocycles. The molecule has 1 unspecified atom stereocenters. The van der Waals surface area contributed by atoms with Gasteiger partial charge >= 0.3 is 0 Å². The van der Waals surface area contributed by atoms with Gasteiger partial charge < -0.3 is 0 Å². The fraction of sp³-hybridized carbons (Fsp3) is 0.273. The monoisotopic (exact) mass is 412 g/mol. The van der Waals surface area contributed by atoms with Gasteiger partial charge in [-0.25, -0.2) is 13.1 Å². The van der Waals surface area contributed by atoms with E-state index in [0.29, 0.717) is 11.4 Å². The molecular weight excluding hydrogens is 388 g/mol. The van der Waals surface area contributed by atoms with Crippen molar-refractivity contribution in [2.75, 3.05) is 13.1 Å². The molecule has 0 spiro atoms. The van der Waals surface area contributed by atoms with E-state index < -0.39 is 10.0 Å². The Morgan fingerprint density at radius 3 is 2.68 bits per heavy atom. The van der Waals surface area contributed by atoms with Crippen molar-refractivity contribution in [2.45, 2.75) is 30.8 Å². The van der Waals surface area contributed by atoms with Crippen molar-refractivity contribution in [2.24, 2.45) is 0 Å². The maximum Gasteiger partial charge on any atom is 0.240 e. The van der Waals surface area contributed by atoms with Crippen molar-refractivity contribution in [1.29, 1.82) is 0 Å². The van der Waals surface area contributed by atoms with Crippen molar-refractivity contribution < 1.29 is 8.42 Å². The van der Waals surface area contributed by atoms with Gasteiger partial charge in [-0.3, -0.25) is 4.90 Å². The number of sulfonamides is 1. The molecule has 1 N–H and O–H groups in total. The number of nitrogens with one attached hydrogen (secondary N) is 1. The lowest BCUT2D eigenvalue weighted by atomic mass is 9.97. The zero-order valence-electron chi connectivity index (χ0n) is 15.8. The van der Waals surface area contributed by atoms with Crippen molar-refractivity contribution in [1.82, 2.24) is 9.62 Å². The Balaban J connectivity index is 1.55. The Bertz CT molecular complexity index is 1050. The summed E-state index contributed by atoms with van der Waals surface area (Å²) >= 11 is 1.65. The van der Waals surface area contributed by atoms with Crippen LogP contribution < -0.4 is 4.72 Å². The maximum atomic E-state index is 12.8. The molecule has 1 aliphatic heterocycles. The van der Waals surface area contributed by atoms with Gasteiger partial charge in [-0.05, 0) is 64.6 Å². The quantitative estimate of drug-likeness (QED) is 0.662. The van der Waals surface area contributed by atoms with Crippen LogP contribution in [-0.4, -0.2) is 26.4 Å². The van der Waals surface area contributed by atoms with Crippen molar-refractivity contribution in [3.05, 3.63) is 87.6 Å². The Labute approximate surface area is 170 Å². The first kappa shape index (κ1) is 19.3. The van der Waals surface area contributed by atoms with Gasteiger partial charge in [-0.2, -0.15) is 11.3 Å². The van der Waals surface area contributed by atoms with E-state index in [1.54, 1.807) is 29.5 Å². The average molecular weight is 413 g/mol. The van der Waals surface area contributed by atoms with Gasteiger partial charge in [0.15, 0.2) is 0 Å². The van der Waals surface area contributed by atoms with Crippen LogP contribution >= 0.6 is 11.3 Å². The standard InChI is InChI=1S/C22H24N2O2S2/c1-17-5-4-8-21(13-17)28(25,26)23-14-22(20-10-12-27-16-20)24-11-9-18-6-2-3-7-19(18)15-24/h2-8,10,12-13,16,22-23H,9,11,14-15H2,1H3. The van der Waals surface area contributed by atoms with Crippen LogP contribution in [0.15, 0.2) is 70.3 Å². The minimum Gasteiger partial charge on any atom is -0.290 e. The summed E-state index contributed by atoms with van der Waals surface area (Å²) in [5.41, 5.74) is 4.82. The summed E-state index contributed by atoms with van der Waals surface area (Å²) in [4.78, 5) is 2.70. The van der Waals surface area contributed by atoms with E-state index in [0.717, 1.165) is 30.6 Å². The number of nitrogens with zero attached hydrogens (tertiary/aromatic N) is 1. The Hall–Kier alpha value is -1.99. The second kappa shape index (κ2) is 8.17. The van der Waals surface area contributed by atoms with Gasteiger partial charge in [0, 0.05) is 25.7 Å². The summed E-state index contributed by atoms with van der Waals surface area (Å²) in [6.45, 7) is 4.01. The molecule has 3 aromatic rings. The molecule has 0 amide bonds. The highest BCUT2D eigenvalue weighted by molar-refractivity contribution is 7.89. The van der Waals surface area contributed by atoms with E-state index in [1.165, 1.54) is 11.1 Å². The van der Waals surface area contributed by atoms with Crippen LogP contribution in [0, 0.1) is 6.92 Å². The molecule has 6 heteroatoms. The molecule has 1 atom stereocenters. The highest BCUT2D eigenvalue weighted by Crippen LogP contribution is 2.29. The molecule has 4 rings (SSSR count). The third-order valence-electron chi connectivity index (χ3n) is 5.30. The van der Waals surface area contributed by atoms with Crippen LogP contribution in [-0.2, 0) is 23.0 Å². The molecule has 0 bridgehead atoms. The highest BCUT2D eigenvalue weighted by atomic mass is 32.2. The summed E-state index contributed by atoms with van der Waals surface area (Å²) in [5.74, 6) is 0. The minimum atomic E-state index is -3.54. The molecule has 146 valence electrons. The van der Waals surface area contributed by atoms with E-state index in [9.17, 15) is 8.42 Å². The molecule has 1 aliphatic rings. The Morgan fingerprint density at radius 2 is 1.93 bits per heavy atom. The number of fused-ring (bicyclic) bond motifs is 1. The number of aryl methyl sites for hydroxylation is 1. The van der Waals surface area contributed by atoms with Gasteiger partial charge in [0.1, 0.15) is 0 Å². The lowest BCUT2D eigenvalue weighted by molar-refractivity contribution is 0.181. The van der Waals surface area contributed by atoms with Crippen LogP contribution in [0.4, 0.5) is 0 Å². The fourth-order valence-corrected chi connectivity index (χ4v) is 5.61. The second-order valence-corrected chi connectivity index (χ2v) is 9.78. The molecule has 0 saturated carbocycles. The van der Waals surface area contributed by atoms with Crippen molar-refractivity contribution in [3.8, 4) is 0 Å². The predicted molar refractivity (Wildman–Crippen MR) is 114 cm³/mol. The minimum absolute atomic E-state index is 0.0131. The molecular formula is C22H24N2O2S2. The van der Waals surface area contributed by atoms with Gasteiger partial charge in [-0.1, -0.05) is 36.4 Å². The number of hydrogen-bond acceptors (Lipinski definition) is 4. The Kier molecular flexibility index (Phi) is 5.64. The molecule has 1 aromatic heterocycles. The van der Waals surface area contributed by atoms with Gasteiger partial charge in [0.05, 0.1) is 4.90 Å². The SMILES string of the molecule is Cc1cccc(S(=O)(=O)NCC(c2ccsc2)N2CCc3ccccc3C2)c1. The number of hydrogen-bond donors (Lipinski definition) is 1. The summed E-state index contributed by atoms with van der Waals surface area (Å²) in [6.07, 6.45) is 0.988. The number of benzene rings is 2. The van der Waals surface area contributed by atoms with Gasteiger partial charge in [0.25, 0.3) is 0 Å². The smallest absolute Gasteiger partial charge is 0.240 e. The lowest BCUT2D eigenvalue weighted by Gasteiger charge is -2.35. The van der Waals surface area contributed by atoms with E-state index >= 15 is 0 Å². The Morgan fingerprint density at radius 1 is 1.11 bits per heavy atom. The molecule has 0 saturated heterocycles. The van der Waals surface area contributed by atoms with Crippen LogP contribution in [0.3, 0.4) is 0 Å². The molecule has 2 heterocycles. The van der Waals surface area contributed by atoms with E-state index in [4.69, 9.17) is 0 Å². The largest absolute Gasteiger partial charge is 0.290 e. The molecule has 0 aliphatic carbocycles. The fourth-order valence-electron chi connectivity index (χ4n) is 3.76. The summed E-state index contributed by atoms with van der Waals surface area (Å²) in [5, 5.41) is 4.17. The maximum absolute atomic E-state index is 12.8. The normalized spacial score (nSPS) is 15.9. The van der Waals surface area contributed by atoms with E-state index in [-0.39, 0.29) is 6.04 Å². The lowest BCUT2D eigenvalue weighted by Crippen LogP contribution is -2.40. The van der Waals surface area contributed by atoms with Crippen LogP contribution in [0.25, 0.3) is 0 Å². The number of thiophene rings is 1. The van der Waals surface area contributed by atoms with Crippen LogP contribution in [0.5, 0.6) is 0 Å². The third kappa shape index (κ3) is 4.20. The highest BCUT2D eigenvalue weighted by Gasteiger charge is 2.27. The van der Waals surface area contributed by atoms with Gasteiger partial charge in [-0.15, -0.1) is 0 Å². The van der Waals surface area contributed by atoms with E-state index in [2.05, 4.69) is 50.7 Å². The molecule has 4 nitrogen and oxygen atoms in total. The summed E-state index contributed by atoms with van der Waals surface area (Å²) in [7, 11) is -3.54. The van der Waals surface area contributed by atoms with Gasteiger partial charge in [0.2, 0.25) is 10.0 Å². The van der Waals surface area contributed by atoms with Crippen LogP contribution in [0.2, 0.25) is 0 Å². The average Bonchev–Trinajstić information content (AvgIpc) is 3.22. The molecule has 0 fully saturated rings. The summed E-state index contributed by atoms with van der Waals surface area (Å²) in [6, 6.07) is 17.7. The topological polar surface area (TPSA) is 49.4 Å². The van der Waals surface area contributed by atoms with E-state index in [1.807, 2.05) is 13.0 Å². The molecule has 28 heavy (non-hydrogen) atoms. The first-order chi connectivity index (χ1) is 13.5. The van der Waals surface area contributed by atoms with Crippen molar-refractivity contribution >= 4 is 21.4 Å². The van der Waals surface area contributed by atoms with Crippen molar-refractivity contribution in [3.63, 3.8) is 0 Å². The molecule has 0 radical (unpaired) electrons. The zero-order chi connectivity index (χ0) is 19.6. The second-order valence-electron chi connectivity index (χ2n) is 7.23.